The van der Waals surface area contributed by atoms with Gasteiger partial charge in [-0.2, -0.15) is 0 Å². The molecule has 1 aromatic rings. The van der Waals surface area contributed by atoms with Crippen LogP contribution in [0.2, 0.25) is 5.02 Å². The van der Waals surface area contributed by atoms with Crippen molar-refractivity contribution in [2.75, 3.05) is 6.54 Å². The van der Waals surface area contributed by atoms with Crippen molar-refractivity contribution in [3.8, 4) is 0 Å². The van der Waals surface area contributed by atoms with E-state index in [1.807, 2.05) is 0 Å². The maximum absolute atomic E-state index is 13.3. The van der Waals surface area contributed by atoms with E-state index < -0.39 is 11.7 Å². The van der Waals surface area contributed by atoms with Crippen LogP contribution in [-0.4, -0.2) is 18.2 Å². The number of ketones is 1. The molecule has 0 atom stereocenters. The molecule has 0 saturated heterocycles. The van der Waals surface area contributed by atoms with Crippen LogP contribution < -0.4 is 5.32 Å². The standard InChI is InChI=1S/C12H13ClFNO2/c1-7-5-10(13)9(6-11(7)14)12(17)15-4-3-8(2)16/h5-6H,3-4H2,1-2H3,(H,15,17). The summed E-state index contributed by atoms with van der Waals surface area (Å²) in [6, 6.07) is 2.50. The summed E-state index contributed by atoms with van der Waals surface area (Å²) < 4.78 is 13.3. The van der Waals surface area contributed by atoms with Gasteiger partial charge in [-0.05, 0) is 31.5 Å². The Kier molecular flexibility index (Phi) is 4.63. The molecule has 1 aromatic carbocycles. The van der Waals surface area contributed by atoms with Crippen LogP contribution in [-0.2, 0) is 4.79 Å². The summed E-state index contributed by atoms with van der Waals surface area (Å²) in [5.74, 6) is -0.979. The lowest BCUT2D eigenvalue weighted by Crippen LogP contribution is -2.26. The zero-order valence-electron chi connectivity index (χ0n) is 9.64. The van der Waals surface area contributed by atoms with Gasteiger partial charge in [-0.25, -0.2) is 4.39 Å². The molecule has 1 rings (SSSR count). The van der Waals surface area contributed by atoms with Crippen molar-refractivity contribution < 1.29 is 14.0 Å². The zero-order valence-corrected chi connectivity index (χ0v) is 10.4. The number of halogens is 2. The first-order chi connectivity index (χ1) is 7.91. The monoisotopic (exact) mass is 257 g/mol. The Morgan fingerprint density at radius 2 is 2.06 bits per heavy atom. The van der Waals surface area contributed by atoms with Gasteiger partial charge >= 0.3 is 0 Å². The molecule has 1 N–H and O–H groups in total. The van der Waals surface area contributed by atoms with Crippen molar-refractivity contribution in [1.82, 2.24) is 5.32 Å². The molecule has 0 spiro atoms. The second-order valence-electron chi connectivity index (χ2n) is 3.79. The number of Topliss-reactive ketones (excluding diaryl/α,β-unsaturated/α-hetero) is 1. The Bertz CT molecular complexity index is 460. The number of hydrogen-bond acceptors (Lipinski definition) is 2. The van der Waals surface area contributed by atoms with Crippen LogP contribution in [0.5, 0.6) is 0 Å². The van der Waals surface area contributed by atoms with Gasteiger partial charge < -0.3 is 5.32 Å². The molecule has 0 aliphatic rings. The van der Waals surface area contributed by atoms with Gasteiger partial charge in [0, 0.05) is 13.0 Å². The Labute approximate surface area is 104 Å². The average Bonchev–Trinajstić information content (AvgIpc) is 2.22. The lowest BCUT2D eigenvalue weighted by molar-refractivity contribution is -0.116. The summed E-state index contributed by atoms with van der Waals surface area (Å²) in [6.07, 6.45) is 0.248. The van der Waals surface area contributed by atoms with Gasteiger partial charge in [0.2, 0.25) is 0 Å². The van der Waals surface area contributed by atoms with Crippen molar-refractivity contribution in [2.45, 2.75) is 20.3 Å². The lowest BCUT2D eigenvalue weighted by Gasteiger charge is -2.07. The molecule has 0 saturated carbocycles. The minimum Gasteiger partial charge on any atom is -0.352 e. The third kappa shape index (κ3) is 3.82. The van der Waals surface area contributed by atoms with E-state index in [2.05, 4.69) is 5.32 Å². The SMILES string of the molecule is CC(=O)CCNC(=O)c1cc(F)c(C)cc1Cl. The highest BCUT2D eigenvalue weighted by Crippen LogP contribution is 2.20. The highest BCUT2D eigenvalue weighted by molar-refractivity contribution is 6.33. The van der Waals surface area contributed by atoms with E-state index in [4.69, 9.17) is 11.6 Å². The Morgan fingerprint density at radius 3 is 2.65 bits per heavy atom. The third-order valence-corrected chi connectivity index (χ3v) is 2.57. The first-order valence-corrected chi connectivity index (χ1v) is 5.53. The van der Waals surface area contributed by atoms with Crippen molar-refractivity contribution in [1.29, 1.82) is 0 Å². The predicted molar refractivity (Wildman–Crippen MR) is 63.8 cm³/mol. The number of rotatable bonds is 4. The van der Waals surface area contributed by atoms with Crippen LogP contribution in [0, 0.1) is 12.7 Å². The molecule has 0 unspecified atom stereocenters. The van der Waals surface area contributed by atoms with Crippen molar-refractivity contribution in [3.05, 3.63) is 34.1 Å². The molecule has 0 radical (unpaired) electrons. The Balaban J connectivity index is 2.75. The molecule has 0 heterocycles. The van der Waals surface area contributed by atoms with Crippen molar-refractivity contribution in [3.63, 3.8) is 0 Å². The summed E-state index contributed by atoms with van der Waals surface area (Å²) in [4.78, 5) is 22.3. The molecule has 92 valence electrons. The Morgan fingerprint density at radius 1 is 1.41 bits per heavy atom. The summed E-state index contributed by atoms with van der Waals surface area (Å²) in [7, 11) is 0. The number of amides is 1. The molecule has 0 aromatic heterocycles. The number of carbonyl (C=O) groups excluding carboxylic acids is 2. The van der Waals surface area contributed by atoms with E-state index in [0.29, 0.717) is 5.56 Å². The summed E-state index contributed by atoms with van der Waals surface area (Å²) in [5, 5.41) is 2.71. The Hall–Kier alpha value is -1.42. The second kappa shape index (κ2) is 5.77. The van der Waals surface area contributed by atoms with Gasteiger partial charge in [0.05, 0.1) is 10.6 Å². The summed E-state index contributed by atoms with van der Waals surface area (Å²) >= 11 is 5.84. The molecular weight excluding hydrogens is 245 g/mol. The maximum atomic E-state index is 13.3. The molecular formula is C12H13ClFNO2. The second-order valence-corrected chi connectivity index (χ2v) is 4.20. The van der Waals surface area contributed by atoms with Crippen LogP contribution in [0.25, 0.3) is 0 Å². The molecule has 3 nitrogen and oxygen atoms in total. The molecule has 5 heteroatoms. The fourth-order valence-electron chi connectivity index (χ4n) is 1.27. The number of nitrogens with one attached hydrogen (secondary N) is 1. The van der Waals surface area contributed by atoms with Crippen LogP contribution in [0.3, 0.4) is 0 Å². The van der Waals surface area contributed by atoms with Crippen LogP contribution in [0.1, 0.15) is 29.3 Å². The van der Waals surface area contributed by atoms with Gasteiger partial charge in [-0.15, -0.1) is 0 Å². The van der Waals surface area contributed by atoms with E-state index in [1.54, 1.807) is 6.92 Å². The lowest BCUT2D eigenvalue weighted by atomic mass is 10.1. The largest absolute Gasteiger partial charge is 0.352 e. The van der Waals surface area contributed by atoms with E-state index >= 15 is 0 Å². The van der Waals surface area contributed by atoms with E-state index in [9.17, 15) is 14.0 Å². The average molecular weight is 258 g/mol. The smallest absolute Gasteiger partial charge is 0.252 e. The highest BCUT2D eigenvalue weighted by atomic mass is 35.5. The number of benzene rings is 1. The van der Waals surface area contributed by atoms with Gasteiger partial charge in [0.1, 0.15) is 11.6 Å². The fraction of sp³-hybridized carbons (Fsp3) is 0.333. The first-order valence-electron chi connectivity index (χ1n) is 5.15. The summed E-state index contributed by atoms with van der Waals surface area (Å²) in [6.45, 7) is 3.23. The van der Waals surface area contributed by atoms with Crippen LogP contribution in [0.4, 0.5) is 4.39 Å². The number of carbonyl (C=O) groups is 2. The minimum absolute atomic E-state index is 0.0218. The minimum atomic E-state index is -0.480. The number of hydrogen-bond donors (Lipinski definition) is 1. The van der Waals surface area contributed by atoms with E-state index in [1.165, 1.54) is 13.0 Å². The predicted octanol–water partition coefficient (Wildman–Crippen LogP) is 2.50. The third-order valence-electron chi connectivity index (χ3n) is 2.26. The molecule has 0 bridgehead atoms. The maximum Gasteiger partial charge on any atom is 0.252 e. The normalized spacial score (nSPS) is 10.1. The van der Waals surface area contributed by atoms with E-state index in [-0.39, 0.29) is 29.3 Å². The van der Waals surface area contributed by atoms with Gasteiger partial charge in [0.15, 0.2) is 0 Å². The first kappa shape index (κ1) is 13.6. The fourth-order valence-corrected chi connectivity index (χ4v) is 1.57. The zero-order chi connectivity index (χ0) is 13.0. The molecule has 17 heavy (non-hydrogen) atoms. The summed E-state index contributed by atoms with van der Waals surface area (Å²) in [5.41, 5.74) is 0.466. The van der Waals surface area contributed by atoms with Crippen LogP contribution >= 0.6 is 11.6 Å². The van der Waals surface area contributed by atoms with E-state index in [0.717, 1.165) is 6.07 Å². The molecule has 0 fully saturated rings. The van der Waals surface area contributed by atoms with Crippen molar-refractivity contribution >= 4 is 23.3 Å². The van der Waals surface area contributed by atoms with Gasteiger partial charge in [-0.1, -0.05) is 11.6 Å². The van der Waals surface area contributed by atoms with Crippen molar-refractivity contribution in [2.24, 2.45) is 0 Å². The quantitative estimate of drug-likeness (QED) is 0.901. The van der Waals surface area contributed by atoms with Crippen LogP contribution in [0.15, 0.2) is 12.1 Å². The molecule has 1 amide bonds. The number of aryl methyl sites for hydroxylation is 1. The van der Waals surface area contributed by atoms with Gasteiger partial charge in [0.25, 0.3) is 5.91 Å². The topological polar surface area (TPSA) is 46.2 Å². The highest BCUT2D eigenvalue weighted by Gasteiger charge is 2.13. The molecule has 0 aliphatic heterocycles. The molecule has 0 aliphatic carbocycles. The van der Waals surface area contributed by atoms with Gasteiger partial charge in [-0.3, -0.25) is 9.59 Å².